The third-order valence-corrected chi connectivity index (χ3v) is 7.42. The van der Waals surface area contributed by atoms with Crippen LogP contribution < -0.4 is 5.32 Å². The van der Waals surface area contributed by atoms with Crippen LogP contribution in [-0.4, -0.2) is 49.2 Å². The molecule has 0 unspecified atom stereocenters. The van der Waals surface area contributed by atoms with E-state index in [0.29, 0.717) is 25.6 Å². The van der Waals surface area contributed by atoms with Crippen LogP contribution >= 0.6 is 0 Å². The summed E-state index contributed by atoms with van der Waals surface area (Å²) >= 11 is 0. The van der Waals surface area contributed by atoms with Crippen molar-refractivity contribution in [3.05, 3.63) is 36.2 Å². The van der Waals surface area contributed by atoms with Gasteiger partial charge in [0, 0.05) is 31.6 Å². The molecule has 0 aliphatic heterocycles. The number of aromatic nitrogens is 1. The molecule has 1 heterocycles. The largest absolute Gasteiger partial charge is 0.353 e. The average molecular weight is 466 g/mol. The van der Waals surface area contributed by atoms with Gasteiger partial charge in [-0.3, -0.25) is 14.6 Å². The van der Waals surface area contributed by atoms with E-state index in [1.165, 1.54) is 29.8 Å². The fourth-order valence-electron chi connectivity index (χ4n) is 3.78. The first kappa shape index (κ1) is 26.5. The van der Waals surface area contributed by atoms with Gasteiger partial charge in [0.15, 0.2) is 0 Å². The fourth-order valence-corrected chi connectivity index (χ4v) is 4.70. The number of nitrogens with one attached hydrogen (secondary N) is 1. The Morgan fingerprint density at radius 1 is 1.19 bits per heavy atom. The topological polar surface area (TPSA) is 88.6 Å². The minimum Gasteiger partial charge on any atom is -0.353 e. The number of hydrogen-bond donors (Lipinski definition) is 1. The molecule has 0 bridgehead atoms. The third kappa shape index (κ3) is 10.7. The number of hydroxylamine groups is 1. The average Bonchev–Trinajstić information content (AvgIpc) is 2.82. The number of unbranched alkanes of at least 4 members (excludes halogenated alkanes) is 4. The predicted molar refractivity (Wildman–Crippen MR) is 128 cm³/mol. The van der Waals surface area contributed by atoms with Gasteiger partial charge in [-0.05, 0) is 56.2 Å². The number of rotatable bonds is 15. The van der Waals surface area contributed by atoms with Gasteiger partial charge in [-0.2, -0.15) is 0 Å². The first-order chi connectivity index (χ1) is 15.5. The van der Waals surface area contributed by atoms with Gasteiger partial charge in [0.05, 0.1) is 12.4 Å². The summed E-state index contributed by atoms with van der Waals surface area (Å²) < 4.78 is 25.9. The Morgan fingerprint density at radius 2 is 1.94 bits per heavy atom. The van der Waals surface area contributed by atoms with Crippen molar-refractivity contribution in [3.8, 4) is 0 Å². The van der Waals surface area contributed by atoms with E-state index < -0.39 is 10.0 Å². The molecule has 2 rings (SSSR count). The smallest absolute Gasteiger partial charge is 0.243 e. The highest BCUT2D eigenvalue weighted by atomic mass is 32.2. The molecule has 0 saturated heterocycles. The van der Waals surface area contributed by atoms with E-state index in [4.69, 9.17) is 4.84 Å². The summed E-state index contributed by atoms with van der Waals surface area (Å²) in [6.45, 7) is 3.22. The van der Waals surface area contributed by atoms with Crippen LogP contribution in [0.1, 0.15) is 76.7 Å². The van der Waals surface area contributed by atoms with Gasteiger partial charge >= 0.3 is 0 Å². The van der Waals surface area contributed by atoms with Gasteiger partial charge in [-0.25, -0.2) is 8.42 Å². The molecule has 7 nitrogen and oxygen atoms in total. The van der Waals surface area contributed by atoms with Crippen molar-refractivity contribution in [2.24, 2.45) is 5.92 Å². The molecule has 1 aromatic heterocycles. The lowest BCUT2D eigenvalue weighted by Gasteiger charge is -2.26. The SMILES string of the molecule is CCS(=O)(=O)N(CCCCCCCNC(=O)C=Cc1cccnc1)OCC1CCCCC1. The molecule has 0 radical (unpaired) electrons. The van der Waals surface area contributed by atoms with E-state index in [9.17, 15) is 13.2 Å². The fraction of sp³-hybridized carbons (Fsp3) is 0.667. The van der Waals surface area contributed by atoms with Crippen LogP contribution in [0, 0.1) is 5.92 Å². The Hall–Kier alpha value is -1.77. The molecule has 1 N–H and O–H groups in total. The second-order valence-electron chi connectivity index (χ2n) is 8.41. The van der Waals surface area contributed by atoms with Crippen molar-refractivity contribution in [2.75, 3.05) is 25.4 Å². The molecule has 32 heavy (non-hydrogen) atoms. The second-order valence-corrected chi connectivity index (χ2v) is 10.6. The zero-order chi connectivity index (χ0) is 23.1. The van der Waals surface area contributed by atoms with Crippen LogP contribution in [0.15, 0.2) is 30.6 Å². The molecule has 1 amide bonds. The van der Waals surface area contributed by atoms with Crippen LogP contribution in [0.5, 0.6) is 0 Å². The summed E-state index contributed by atoms with van der Waals surface area (Å²) in [5.74, 6) is 0.434. The van der Waals surface area contributed by atoms with Crippen LogP contribution in [0.3, 0.4) is 0 Å². The number of carbonyl (C=O) groups is 1. The van der Waals surface area contributed by atoms with Crippen molar-refractivity contribution in [1.29, 1.82) is 0 Å². The van der Waals surface area contributed by atoms with Crippen molar-refractivity contribution in [3.63, 3.8) is 0 Å². The predicted octanol–water partition coefficient (Wildman–Crippen LogP) is 4.33. The maximum Gasteiger partial charge on any atom is 0.243 e. The summed E-state index contributed by atoms with van der Waals surface area (Å²) in [7, 11) is -3.34. The van der Waals surface area contributed by atoms with E-state index >= 15 is 0 Å². The maximum absolute atomic E-state index is 12.3. The summed E-state index contributed by atoms with van der Waals surface area (Å²) in [6.07, 6.45) is 17.3. The van der Waals surface area contributed by atoms with Gasteiger partial charge < -0.3 is 5.32 Å². The van der Waals surface area contributed by atoms with Crippen molar-refractivity contribution >= 4 is 22.0 Å². The minimum absolute atomic E-state index is 0.0621. The zero-order valence-corrected chi connectivity index (χ0v) is 20.2. The van der Waals surface area contributed by atoms with Gasteiger partial charge in [-0.1, -0.05) is 49.1 Å². The Bertz CT molecular complexity index is 778. The minimum atomic E-state index is -3.34. The number of hydrogen-bond acceptors (Lipinski definition) is 5. The maximum atomic E-state index is 12.3. The Balaban J connectivity index is 1.56. The monoisotopic (exact) mass is 465 g/mol. The molecule has 0 spiro atoms. The molecular weight excluding hydrogens is 426 g/mol. The quantitative estimate of drug-likeness (QED) is 0.237. The Kier molecular flexibility index (Phi) is 12.5. The lowest BCUT2D eigenvalue weighted by Crippen LogP contribution is -2.35. The van der Waals surface area contributed by atoms with E-state index in [2.05, 4.69) is 10.3 Å². The van der Waals surface area contributed by atoms with E-state index in [1.54, 1.807) is 25.4 Å². The summed E-state index contributed by atoms with van der Waals surface area (Å²) in [4.78, 5) is 21.6. The second kappa shape index (κ2) is 15.1. The van der Waals surface area contributed by atoms with Crippen molar-refractivity contribution in [2.45, 2.75) is 71.1 Å². The number of amides is 1. The Labute approximate surface area is 193 Å². The highest BCUT2D eigenvalue weighted by Crippen LogP contribution is 2.24. The molecule has 1 saturated carbocycles. The number of pyridine rings is 1. The molecule has 0 aromatic carbocycles. The number of sulfonamides is 1. The summed E-state index contributed by atoms with van der Waals surface area (Å²) in [5, 5.41) is 2.88. The summed E-state index contributed by atoms with van der Waals surface area (Å²) in [5.41, 5.74) is 0.893. The van der Waals surface area contributed by atoms with E-state index in [0.717, 1.165) is 50.5 Å². The van der Waals surface area contributed by atoms with Crippen LogP contribution in [0.25, 0.3) is 6.08 Å². The standard InChI is InChI=1S/C24H39N3O4S/c1-2-32(29,30)27(31-21-23-12-7-6-8-13-23)19-10-5-3-4-9-18-26-24(28)16-15-22-14-11-17-25-20-22/h11,14-17,20,23H,2-10,12-13,18-19,21H2,1H3,(H,26,28). The van der Waals surface area contributed by atoms with Gasteiger partial charge in [0.1, 0.15) is 0 Å². The molecule has 1 aliphatic rings. The first-order valence-corrected chi connectivity index (χ1v) is 13.6. The lowest BCUT2D eigenvalue weighted by molar-refractivity contribution is -0.116. The Morgan fingerprint density at radius 3 is 2.66 bits per heavy atom. The zero-order valence-electron chi connectivity index (χ0n) is 19.4. The highest BCUT2D eigenvalue weighted by Gasteiger charge is 2.23. The molecule has 0 atom stereocenters. The summed E-state index contributed by atoms with van der Waals surface area (Å²) in [6, 6.07) is 3.72. The first-order valence-electron chi connectivity index (χ1n) is 12.0. The van der Waals surface area contributed by atoms with Crippen LogP contribution in [-0.2, 0) is 19.7 Å². The van der Waals surface area contributed by atoms with Crippen molar-refractivity contribution in [1.82, 2.24) is 14.8 Å². The lowest BCUT2D eigenvalue weighted by atomic mass is 9.90. The molecule has 1 aliphatic carbocycles. The van der Waals surface area contributed by atoms with Crippen LogP contribution in [0.4, 0.5) is 0 Å². The molecule has 1 fully saturated rings. The van der Waals surface area contributed by atoms with E-state index in [-0.39, 0.29) is 11.7 Å². The number of carbonyl (C=O) groups excluding carboxylic acids is 1. The molecule has 180 valence electrons. The van der Waals surface area contributed by atoms with Crippen LogP contribution in [0.2, 0.25) is 0 Å². The van der Waals surface area contributed by atoms with Gasteiger partial charge in [0.2, 0.25) is 15.9 Å². The normalized spacial score (nSPS) is 15.4. The van der Waals surface area contributed by atoms with Crippen molar-refractivity contribution < 1.29 is 18.0 Å². The van der Waals surface area contributed by atoms with E-state index in [1.807, 2.05) is 12.1 Å². The third-order valence-electron chi connectivity index (χ3n) is 5.78. The molecule has 1 aromatic rings. The molecule has 8 heteroatoms. The van der Waals surface area contributed by atoms with Gasteiger partial charge in [-0.15, -0.1) is 0 Å². The molecular formula is C24H39N3O4S. The highest BCUT2D eigenvalue weighted by molar-refractivity contribution is 7.88. The van der Waals surface area contributed by atoms with Gasteiger partial charge in [0.25, 0.3) is 0 Å². The number of nitrogens with zero attached hydrogens (tertiary/aromatic N) is 2.